The van der Waals surface area contributed by atoms with Crippen molar-refractivity contribution in [1.82, 2.24) is 9.88 Å². The Hall–Kier alpha value is -1.00. The summed E-state index contributed by atoms with van der Waals surface area (Å²) in [5.41, 5.74) is 6.70. The molecule has 2 N–H and O–H groups in total. The van der Waals surface area contributed by atoms with E-state index < -0.39 is 0 Å². The number of hydrogen-bond acceptors (Lipinski definition) is 3. The molecule has 1 aliphatic rings. The highest BCUT2D eigenvalue weighted by Gasteiger charge is 2.34. The predicted octanol–water partition coefficient (Wildman–Crippen LogP) is 0.754. The molecule has 0 saturated carbocycles. The summed E-state index contributed by atoms with van der Waals surface area (Å²) in [6.07, 6.45) is 2.90. The van der Waals surface area contributed by atoms with Crippen molar-refractivity contribution in [1.29, 1.82) is 0 Å². The number of nitrogens with two attached hydrogens (primary N) is 1. The lowest BCUT2D eigenvalue weighted by Gasteiger charge is -2.45. The first-order chi connectivity index (χ1) is 6.55. The lowest BCUT2D eigenvalue weighted by atomic mass is 9.93. The van der Waals surface area contributed by atoms with Crippen LogP contribution in [0, 0.1) is 5.82 Å². The Labute approximate surface area is 82.7 Å². The minimum Gasteiger partial charge on any atom is -0.323 e. The first-order valence-electron chi connectivity index (χ1n) is 4.66. The van der Waals surface area contributed by atoms with E-state index in [4.69, 9.17) is 5.73 Å². The van der Waals surface area contributed by atoms with Gasteiger partial charge in [0.15, 0.2) is 0 Å². The van der Waals surface area contributed by atoms with Gasteiger partial charge in [-0.3, -0.25) is 9.88 Å². The molecule has 1 aromatic heterocycles. The molecule has 2 heterocycles. The zero-order valence-electron chi connectivity index (χ0n) is 8.20. The number of hydrogen-bond donors (Lipinski definition) is 1. The van der Waals surface area contributed by atoms with Crippen LogP contribution in [0.1, 0.15) is 12.5 Å². The summed E-state index contributed by atoms with van der Waals surface area (Å²) in [7, 11) is 0. The van der Waals surface area contributed by atoms with Crippen LogP contribution >= 0.6 is 0 Å². The largest absolute Gasteiger partial charge is 0.323 e. The number of nitrogens with zero attached hydrogens (tertiary/aromatic N) is 2. The maximum absolute atomic E-state index is 12.8. The zero-order chi connectivity index (χ0) is 10.2. The van der Waals surface area contributed by atoms with Gasteiger partial charge in [0, 0.05) is 31.4 Å². The van der Waals surface area contributed by atoms with E-state index in [2.05, 4.69) is 9.88 Å². The van der Waals surface area contributed by atoms with Crippen molar-refractivity contribution in [2.45, 2.75) is 19.0 Å². The number of aromatic nitrogens is 1. The third-order valence-corrected chi connectivity index (χ3v) is 2.34. The van der Waals surface area contributed by atoms with Gasteiger partial charge in [-0.2, -0.15) is 0 Å². The zero-order valence-corrected chi connectivity index (χ0v) is 8.20. The quantitative estimate of drug-likeness (QED) is 0.757. The van der Waals surface area contributed by atoms with Gasteiger partial charge >= 0.3 is 0 Å². The molecule has 0 radical (unpaired) electrons. The lowest BCUT2D eigenvalue weighted by Crippen LogP contribution is -2.64. The van der Waals surface area contributed by atoms with Crippen molar-refractivity contribution in [3.8, 4) is 0 Å². The van der Waals surface area contributed by atoms with Crippen molar-refractivity contribution >= 4 is 0 Å². The predicted molar refractivity (Wildman–Crippen MR) is 52.1 cm³/mol. The Kier molecular flexibility index (Phi) is 2.25. The van der Waals surface area contributed by atoms with Gasteiger partial charge in [-0.15, -0.1) is 0 Å². The Bertz CT molecular complexity index is 330. The van der Waals surface area contributed by atoms with Crippen LogP contribution in [0.2, 0.25) is 0 Å². The van der Waals surface area contributed by atoms with Crippen molar-refractivity contribution in [3.63, 3.8) is 0 Å². The standard InChI is InChI=1S/C10H14FN3/c1-10(12)6-14(7-10)5-8-2-9(11)4-13-3-8/h2-4H,5-7,12H2,1H3. The van der Waals surface area contributed by atoms with Gasteiger partial charge < -0.3 is 5.73 Å². The van der Waals surface area contributed by atoms with Crippen molar-refractivity contribution in [2.75, 3.05) is 13.1 Å². The second-order valence-corrected chi connectivity index (χ2v) is 4.31. The molecule has 3 nitrogen and oxygen atoms in total. The van der Waals surface area contributed by atoms with Gasteiger partial charge in [0.1, 0.15) is 5.82 Å². The molecule has 0 unspecified atom stereocenters. The Morgan fingerprint density at radius 3 is 2.86 bits per heavy atom. The topological polar surface area (TPSA) is 42.1 Å². The Morgan fingerprint density at radius 1 is 1.57 bits per heavy atom. The molecule has 0 aromatic carbocycles. The highest BCUT2D eigenvalue weighted by Crippen LogP contribution is 2.19. The highest BCUT2D eigenvalue weighted by atomic mass is 19.1. The SMILES string of the molecule is CC1(N)CN(Cc2cncc(F)c2)C1. The first-order valence-corrected chi connectivity index (χ1v) is 4.66. The van der Waals surface area contributed by atoms with Gasteiger partial charge in [0.05, 0.1) is 6.20 Å². The third kappa shape index (κ3) is 2.08. The second kappa shape index (κ2) is 3.29. The molecule has 0 aliphatic carbocycles. The van der Waals surface area contributed by atoms with Crippen molar-refractivity contribution < 1.29 is 4.39 Å². The molecule has 76 valence electrons. The van der Waals surface area contributed by atoms with Gasteiger partial charge in [-0.25, -0.2) is 4.39 Å². The fourth-order valence-electron chi connectivity index (χ4n) is 1.89. The molecule has 0 bridgehead atoms. The number of halogens is 1. The van der Waals surface area contributed by atoms with E-state index in [9.17, 15) is 4.39 Å². The molecule has 0 amide bonds. The summed E-state index contributed by atoms with van der Waals surface area (Å²) < 4.78 is 12.8. The number of rotatable bonds is 2. The van der Waals surface area contributed by atoms with Crippen LogP contribution < -0.4 is 5.73 Å². The maximum atomic E-state index is 12.8. The molecule has 1 saturated heterocycles. The van der Waals surface area contributed by atoms with Crippen molar-refractivity contribution in [3.05, 3.63) is 29.8 Å². The Balaban J connectivity index is 1.93. The van der Waals surface area contributed by atoms with Crippen LogP contribution in [0.5, 0.6) is 0 Å². The van der Waals surface area contributed by atoms with E-state index in [1.54, 1.807) is 6.20 Å². The average molecular weight is 195 g/mol. The highest BCUT2D eigenvalue weighted by molar-refractivity contribution is 5.11. The molecule has 0 spiro atoms. The van der Waals surface area contributed by atoms with Crippen LogP contribution in [0.4, 0.5) is 4.39 Å². The average Bonchev–Trinajstić information content (AvgIpc) is 2.00. The summed E-state index contributed by atoms with van der Waals surface area (Å²) in [6, 6.07) is 1.51. The van der Waals surface area contributed by atoms with Crippen LogP contribution in [-0.2, 0) is 6.54 Å². The summed E-state index contributed by atoms with van der Waals surface area (Å²) in [6.45, 7) is 4.48. The minimum absolute atomic E-state index is 0.0687. The van der Waals surface area contributed by atoms with Crippen LogP contribution in [0.3, 0.4) is 0 Å². The van der Waals surface area contributed by atoms with Gasteiger partial charge in [0.2, 0.25) is 0 Å². The molecule has 1 aliphatic heterocycles. The number of pyridine rings is 1. The molecular weight excluding hydrogens is 181 g/mol. The lowest BCUT2D eigenvalue weighted by molar-refractivity contribution is 0.0762. The third-order valence-electron chi connectivity index (χ3n) is 2.34. The van der Waals surface area contributed by atoms with Crippen LogP contribution in [0.25, 0.3) is 0 Å². The second-order valence-electron chi connectivity index (χ2n) is 4.31. The Morgan fingerprint density at radius 2 is 2.29 bits per heavy atom. The van der Waals surface area contributed by atoms with E-state index in [-0.39, 0.29) is 11.4 Å². The van der Waals surface area contributed by atoms with E-state index in [1.165, 1.54) is 12.3 Å². The molecule has 2 rings (SSSR count). The van der Waals surface area contributed by atoms with Crippen LogP contribution in [-0.4, -0.2) is 28.5 Å². The van der Waals surface area contributed by atoms with Gasteiger partial charge in [-0.1, -0.05) is 0 Å². The summed E-state index contributed by atoms with van der Waals surface area (Å²) in [4.78, 5) is 5.98. The summed E-state index contributed by atoms with van der Waals surface area (Å²) >= 11 is 0. The molecule has 1 aromatic rings. The summed E-state index contributed by atoms with van der Waals surface area (Å²) in [5.74, 6) is -0.279. The van der Waals surface area contributed by atoms with Crippen LogP contribution in [0.15, 0.2) is 18.5 Å². The molecule has 14 heavy (non-hydrogen) atoms. The minimum atomic E-state index is -0.279. The maximum Gasteiger partial charge on any atom is 0.141 e. The number of likely N-dealkylation sites (tertiary alicyclic amines) is 1. The molecule has 4 heteroatoms. The fourth-order valence-corrected chi connectivity index (χ4v) is 1.89. The van der Waals surface area contributed by atoms with E-state index in [0.717, 1.165) is 25.2 Å². The summed E-state index contributed by atoms with van der Waals surface area (Å²) in [5, 5.41) is 0. The normalized spacial score (nSPS) is 20.5. The van der Waals surface area contributed by atoms with Gasteiger partial charge in [-0.05, 0) is 18.6 Å². The smallest absolute Gasteiger partial charge is 0.141 e. The van der Waals surface area contributed by atoms with Gasteiger partial charge in [0.25, 0.3) is 0 Å². The monoisotopic (exact) mass is 195 g/mol. The molecule has 0 atom stereocenters. The van der Waals surface area contributed by atoms with E-state index in [0.29, 0.717) is 0 Å². The van der Waals surface area contributed by atoms with Crippen molar-refractivity contribution in [2.24, 2.45) is 5.73 Å². The molecular formula is C10H14FN3. The van der Waals surface area contributed by atoms with E-state index in [1.807, 2.05) is 6.92 Å². The molecule has 1 fully saturated rings. The van der Waals surface area contributed by atoms with E-state index >= 15 is 0 Å². The first kappa shape index (κ1) is 9.55. The fraction of sp³-hybridized carbons (Fsp3) is 0.500.